The van der Waals surface area contributed by atoms with E-state index in [0.29, 0.717) is 23.6 Å². The van der Waals surface area contributed by atoms with Crippen LogP contribution >= 0.6 is 0 Å². The van der Waals surface area contributed by atoms with E-state index in [1.54, 1.807) is 24.3 Å². The molecule has 0 radical (unpaired) electrons. The number of ether oxygens (including phenoxy) is 1. The molecule has 0 amide bonds. The largest absolute Gasteiger partial charge is 0.465 e. The van der Waals surface area contributed by atoms with Crippen LogP contribution in [0.1, 0.15) is 28.8 Å². The maximum atomic E-state index is 12.2. The maximum absolute atomic E-state index is 12.2. The third-order valence-corrected chi connectivity index (χ3v) is 5.34. The Morgan fingerprint density at radius 3 is 2.91 bits per heavy atom. The molecule has 2 rings (SSSR count). The second kappa shape index (κ2) is 7.90. The third-order valence-electron chi connectivity index (χ3n) is 4.02. The van der Waals surface area contributed by atoms with Crippen LogP contribution in [0.3, 0.4) is 0 Å². The number of nitrogens with one attached hydrogen (secondary N) is 1. The van der Waals surface area contributed by atoms with Crippen LogP contribution in [0.4, 0.5) is 0 Å². The fourth-order valence-corrected chi connectivity index (χ4v) is 4.07. The normalized spacial score (nSPS) is 19.5. The number of rotatable bonds is 6. The van der Waals surface area contributed by atoms with Crippen LogP contribution in [0.25, 0.3) is 0 Å². The molecule has 1 aliphatic rings. The van der Waals surface area contributed by atoms with Crippen molar-refractivity contribution in [2.45, 2.75) is 18.6 Å². The molecule has 1 heterocycles. The highest BCUT2D eigenvalue weighted by molar-refractivity contribution is 7.88. The fourth-order valence-electron chi connectivity index (χ4n) is 2.86. The molecule has 128 valence electrons. The Kier molecular flexibility index (Phi) is 6.15. The molecule has 23 heavy (non-hydrogen) atoms. The molecule has 0 saturated carbocycles. The van der Waals surface area contributed by atoms with Crippen molar-refractivity contribution in [3.05, 3.63) is 35.4 Å². The van der Waals surface area contributed by atoms with Gasteiger partial charge in [0.2, 0.25) is 10.0 Å². The molecule has 0 aliphatic carbocycles. The minimum Gasteiger partial charge on any atom is -0.465 e. The summed E-state index contributed by atoms with van der Waals surface area (Å²) in [5.74, 6) is -0.257. The van der Waals surface area contributed by atoms with E-state index < -0.39 is 16.0 Å². The van der Waals surface area contributed by atoms with Gasteiger partial charge in [-0.1, -0.05) is 12.1 Å². The van der Waals surface area contributed by atoms with Crippen molar-refractivity contribution < 1.29 is 17.9 Å². The van der Waals surface area contributed by atoms with Crippen LogP contribution in [0.15, 0.2) is 24.3 Å². The van der Waals surface area contributed by atoms with Crippen molar-refractivity contribution >= 4 is 16.0 Å². The van der Waals surface area contributed by atoms with Crippen LogP contribution in [0.5, 0.6) is 0 Å². The first kappa shape index (κ1) is 17.9. The number of methoxy groups -OCH3 is 1. The summed E-state index contributed by atoms with van der Waals surface area (Å²) in [7, 11) is -0.0667. The first-order valence-corrected chi connectivity index (χ1v) is 9.38. The van der Waals surface area contributed by atoms with Crippen molar-refractivity contribution in [2.75, 3.05) is 33.8 Å². The zero-order valence-corrected chi connectivity index (χ0v) is 14.4. The number of carbonyl (C=O) groups excluding carboxylic acids is 1. The smallest absolute Gasteiger partial charge is 0.337 e. The average Bonchev–Trinajstić information content (AvgIpc) is 2.52. The van der Waals surface area contributed by atoms with Gasteiger partial charge in [-0.25, -0.2) is 17.9 Å². The summed E-state index contributed by atoms with van der Waals surface area (Å²) in [5.41, 5.74) is 0.926. The highest BCUT2D eigenvalue weighted by Crippen LogP contribution is 2.15. The van der Waals surface area contributed by atoms with Gasteiger partial charge in [-0.05, 0) is 50.0 Å². The molecule has 1 fully saturated rings. The quantitative estimate of drug-likeness (QED) is 0.789. The Labute approximate surface area is 137 Å². The highest BCUT2D eigenvalue weighted by Gasteiger charge is 2.20. The SMILES string of the molecule is COC(=O)c1cccc(CS(=O)(=O)NCC2CCCN(C)C2)c1. The van der Waals surface area contributed by atoms with Gasteiger partial charge >= 0.3 is 5.97 Å². The minimum absolute atomic E-state index is 0.138. The van der Waals surface area contributed by atoms with Crippen LogP contribution in [0.2, 0.25) is 0 Å². The topological polar surface area (TPSA) is 75.7 Å². The molecule has 1 N–H and O–H groups in total. The molecule has 1 aromatic carbocycles. The summed E-state index contributed by atoms with van der Waals surface area (Å²) in [4.78, 5) is 13.7. The standard InChI is InChI=1S/C16H24N2O4S/c1-18-8-4-6-14(11-18)10-17-23(20,21)12-13-5-3-7-15(9-13)16(19)22-2/h3,5,7,9,14,17H,4,6,8,10-12H2,1-2H3. The maximum Gasteiger partial charge on any atom is 0.337 e. The molecule has 1 atom stereocenters. The molecule has 0 bridgehead atoms. The lowest BCUT2D eigenvalue weighted by Crippen LogP contribution is -2.39. The number of piperidine rings is 1. The van der Waals surface area contributed by atoms with E-state index >= 15 is 0 Å². The van der Waals surface area contributed by atoms with Gasteiger partial charge in [-0.3, -0.25) is 0 Å². The molecule has 7 heteroatoms. The Balaban J connectivity index is 1.94. The molecular formula is C16H24N2O4S. The van der Waals surface area contributed by atoms with Crippen LogP contribution < -0.4 is 4.72 Å². The van der Waals surface area contributed by atoms with Crippen molar-refractivity contribution in [1.82, 2.24) is 9.62 Å². The van der Waals surface area contributed by atoms with Gasteiger partial charge < -0.3 is 9.64 Å². The Morgan fingerprint density at radius 1 is 1.43 bits per heavy atom. The second-order valence-electron chi connectivity index (χ2n) is 6.07. The molecule has 1 unspecified atom stereocenters. The number of hydrogen-bond donors (Lipinski definition) is 1. The lowest BCUT2D eigenvalue weighted by atomic mass is 9.99. The zero-order valence-electron chi connectivity index (χ0n) is 13.6. The number of nitrogens with zero attached hydrogens (tertiary/aromatic N) is 1. The Morgan fingerprint density at radius 2 is 2.22 bits per heavy atom. The summed E-state index contributed by atoms with van der Waals surface area (Å²) in [5, 5.41) is 0. The van der Waals surface area contributed by atoms with Gasteiger partial charge in [-0.15, -0.1) is 0 Å². The molecule has 6 nitrogen and oxygen atoms in total. The van der Waals surface area contributed by atoms with Gasteiger partial charge in [0.1, 0.15) is 0 Å². The third kappa shape index (κ3) is 5.60. The second-order valence-corrected chi connectivity index (χ2v) is 7.88. The average molecular weight is 340 g/mol. The number of sulfonamides is 1. The highest BCUT2D eigenvalue weighted by atomic mass is 32.2. The lowest BCUT2D eigenvalue weighted by molar-refractivity contribution is 0.0600. The number of benzene rings is 1. The van der Waals surface area contributed by atoms with Crippen LogP contribution in [-0.2, 0) is 20.5 Å². The summed E-state index contributed by atoms with van der Waals surface area (Å²) in [6.07, 6.45) is 2.15. The van der Waals surface area contributed by atoms with Gasteiger partial charge in [0, 0.05) is 13.1 Å². The first-order chi connectivity index (χ1) is 10.9. The van der Waals surface area contributed by atoms with Gasteiger partial charge in [0.15, 0.2) is 0 Å². The number of esters is 1. The van der Waals surface area contributed by atoms with Crippen molar-refractivity contribution in [3.8, 4) is 0 Å². The molecule has 1 aromatic rings. The van der Waals surface area contributed by atoms with Crippen molar-refractivity contribution in [1.29, 1.82) is 0 Å². The molecular weight excluding hydrogens is 316 g/mol. The first-order valence-electron chi connectivity index (χ1n) is 7.73. The van der Waals surface area contributed by atoms with E-state index in [2.05, 4.69) is 21.4 Å². The van der Waals surface area contributed by atoms with E-state index in [4.69, 9.17) is 0 Å². The molecule has 0 aromatic heterocycles. The molecule has 0 spiro atoms. The summed E-state index contributed by atoms with van der Waals surface area (Å²) in [6, 6.07) is 6.51. The molecule has 1 aliphatic heterocycles. The Hall–Kier alpha value is -1.44. The summed E-state index contributed by atoms with van der Waals surface area (Å²) in [6.45, 7) is 2.45. The number of hydrogen-bond acceptors (Lipinski definition) is 5. The predicted molar refractivity (Wildman–Crippen MR) is 88.6 cm³/mol. The Bertz CT molecular complexity index is 645. The van der Waals surface area contributed by atoms with Crippen molar-refractivity contribution in [3.63, 3.8) is 0 Å². The summed E-state index contributed by atoms with van der Waals surface area (Å²) >= 11 is 0. The van der Waals surface area contributed by atoms with E-state index in [1.807, 2.05) is 0 Å². The predicted octanol–water partition coefficient (Wildman–Crippen LogP) is 1.23. The van der Waals surface area contributed by atoms with E-state index in [0.717, 1.165) is 25.9 Å². The number of carbonyl (C=O) groups is 1. The summed E-state index contributed by atoms with van der Waals surface area (Å²) < 4.78 is 31.8. The van der Waals surface area contributed by atoms with E-state index in [9.17, 15) is 13.2 Å². The van der Waals surface area contributed by atoms with Crippen molar-refractivity contribution in [2.24, 2.45) is 5.92 Å². The van der Waals surface area contributed by atoms with Gasteiger partial charge in [0.05, 0.1) is 18.4 Å². The van der Waals surface area contributed by atoms with Gasteiger partial charge in [0.25, 0.3) is 0 Å². The van der Waals surface area contributed by atoms with Gasteiger partial charge in [-0.2, -0.15) is 0 Å². The van der Waals surface area contributed by atoms with Crippen LogP contribution in [-0.4, -0.2) is 53.1 Å². The van der Waals surface area contributed by atoms with E-state index in [-0.39, 0.29) is 5.75 Å². The van der Waals surface area contributed by atoms with Crippen LogP contribution in [0, 0.1) is 5.92 Å². The molecule has 1 saturated heterocycles. The lowest BCUT2D eigenvalue weighted by Gasteiger charge is -2.29. The number of likely N-dealkylation sites (tertiary alicyclic amines) is 1. The minimum atomic E-state index is -3.42. The van der Waals surface area contributed by atoms with E-state index in [1.165, 1.54) is 7.11 Å². The zero-order chi connectivity index (χ0) is 16.9. The monoisotopic (exact) mass is 340 g/mol. The fraction of sp³-hybridized carbons (Fsp3) is 0.562.